The molecule has 0 spiro atoms. The Morgan fingerprint density at radius 3 is 1.37 bits per heavy atom. The summed E-state index contributed by atoms with van der Waals surface area (Å²) in [5, 5.41) is 51.3. The molecule has 0 radical (unpaired) electrons. The first-order valence-corrected chi connectivity index (χ1v) is 47.9. The van der Waals surface area contributed by atoms with Gasteiger partial charge in [-0.15, -0.1) is 0 Å². The molecule has 8 aliphatic heterocycles. The van der Waals surface area contributed by atoms with E-state index < -0.39 is 125 Å². The van der Waals surface area contributed by atoms with E-state index in [1.807, 2.05) is 9.80 Å². The Hall–Kier alpha value is -13.0. The maximum absolute atomic E-state index is 15.0. The van der Waals surface area contributed by atoms with Crippen LogP contribution in [0.4, 0.5) is 22.0 Å². The van der Waals surface area contributed by atoms with Gasteiger partial charge >= 0.3 is 47.8 Å². The molecule has 145 heavy (non-hydrogen) atoms. The van der Waals surface area contributed by atoms with E-state index in [1.165, 1.54) is 97.7 Å². The summed E-state index contributed by atoms with van der Waals surface area (Å²) in [7, 11) is 0. The van der Waals surface area contributed by atoms with Crippen molar-refractivity contribution in [3.05, 3.63) is 296 Å². The van der Waals surface area contributed by atoms with Gasteiger partial charge < -0.3 is 79.6 Å². The Kier molecular flexibility index (Phi) is 38.9. The molecule has 8 aromatic rings. The zero-order valence-corrected chi connectivity index (χ0v) is 83.1. The number of carboxylic acid groups (broad SMARTS) is 4. The fraction of sp³-hybridized carbons (Fsp3) is 0.357. The lowest BCUT2D eigenvalue weighted by molar-refractivity contribution is -0.150. The third kappa shape index (κ3) is 28.2. The number of aliphatic carboxylic acids is 4. The summed E-state index contributed by atoms with van der Waals surface area (Å²) >= 11 is 28.7. The second-order valence-electron chi connectivity index (χ2n) is 33.1. The molecule has 8 unspecified atom stereocenters. The summed E-state index contributed by atoms with van der Waals surface area (Å²) in [5.41, 5.74) is 5.54. The van der Waals surface area contributed by atoms with Crippen LogP contribution in [0.2, 0.25) is 20.1 Å². The van der Waals surface area contributed by atoms with Crippen molar-refractivity contribution in [2.75, 3.05) is 132 Å². The van der Waals surface area contributed by atoms with Gasteiger partial charge in [0.25, 0.3) is 0 Å². The minimum Gasteiger partial charge on any atom is -0.481 e. The number of benzene rings is 4. The fourth-order valence-corrected chi connectivity index (χ4v) is 18.3. The zero-order valence-electron chi connectivity index (χ0n) is 78.4. The number of hydrogen-bond donors (Lipinski definition) is 8. The highest BCUT2D eigenvalue weighted by atomic mass is 79.9. The SMILES string of the molecule is CCOC(=O)C1=C(CN2CCOC(CC(=O)O)C2)NC(c2cnccn2)=NC1c1ccc(F)cc1Cl.CCOC(=O)C1=C(CN2CCOCC2C(=O)O)NC(c2cccnc2)=NC1c1ccc(F)cc1Cl.CCOC(=O)C1=C(CN2CCOCC2C(=O)O)NC(c2ncccc2F)=NC1c1ccc(Cl)cc1Cl.CCOC(=O)C1=C(CN2CCOCC2CC(=O)O)NC(c2ncc(C)cc2F)=NC1c1ccc(F)cc1Br. The molecule has 766 valence electrons. The lowest BCUT2D eigenvalue weighted by Gasteiger charge is -2.37. The van der Waals surface area contributed by atoms with Crippen molar-refractivity contribution < 1.29 is 119 Å². The van der Waals surface area contributed by atoms with E-state index >= 15 is 4.39 Å². The van der Waals surface area contributed by atoms with Gasteiger partial charge in [0.15, 0.2) is 29.1 Å². The second-order valence-corrected chi connectivity index (χ2v) is 35.6. The largest absolute Gasteiger partial charge is 0.481 e. The smallest absolute Gasteiger partial charge is 0.338 e. The third-order valence-corrected chi connectivity index (χ3v) is 25.2. The highest BCUT2D eigenvalue weighted by Crippen LogP contribution is 2.43. The van der Waals surface area contributed by atoms with Crippen molar-refractivity contribution in [2.24, 2.45) is 20.0 Å². The van der Waals surface area contributed by atoms with E-state index in [2.05, 4.69) is 72.1 Å². The second kappa shape index (κ2) is 51.7. The van der Waals surface area contributed by atoms with Gasteiger partial charge in [-0.2, -0.15) is 0 Å². The number of rotatable bonds is 30. The van der Waals surface area contributed by atoms with Gasteiger partial charge in [-0.3, -0.25) is 68.7 Å². The zero-order chi connectivity index (χ0) is 104. The molecule has 4 aromatic carbocycles. The van der Waals surface area contributed by atoms with Gasteiger partial charge in [0.2, 0.25) is 0 Å². The number of hydrogen-bond acceptors (Lipinski definition) is 33. The first kappa shape index (κ1) is 109. The number of carbonyl (C=O) groups excluding carboxylic acids is 4. The van der Waals surface area contributed by atoms with E-state index in [1.54, 1.807) is 81.1 Å². The Bertz CT molecular complexity index is 6420. The number of esters is 4. The molecular weight excluding hydrogens is 2050 g/mol. The van der Waals surface area contributed by atoms with Gasteiger partial charge in [-0.05, 0) is 125 Å². The van der Waals surface area contributed by atoms with Gasteiger partial charge in [-0.1, -0.05) is 86.6 Å². The number of morpholine rings is 4. The van der Waals surface area contributed by atoms with Crippen molar-refractivity contribution >= 4 is 133 Å². The van der Waals surface area contributed by atoms with E-state index in [4.69, 9.17) is 99.4 Å². The van der Waals surface area contributed by atoms with E-state index in [0.29, 0.717) is 142 Å². The molecule has 0 amide bonds. The Morgan fingerprint density at radius 1 is 0.448 bits per heavy atom. The molecule has 4 fully saturated rings. The predicted octanol–water partition coefficient (Wildman–Crippen LogP) is 11.7. The van der Waals surface area contributed by atoms with Gasteiger partial charge in [-0.25, -0.2) is 56.1 Å². The molecule has 8 aliphatic rings. The predicted molar refractivity (Wildman–Crippen MR) is 522 cm³/mol. The van der Waals surface area contributed by atoms with Crippen LogP contribution < -0.4 is 21.3 Å². The first-order chi connectivity index (χ1) is 69.7. The molecule has 47 heteroatoms. The van der Waals surface area contributed by atoms with Crippen LogP contribution in [0.5, 0.6) is 0 Å². The van der Waals surface area contributed by atoms with E-state index in [0.717, 1.165) is 12.1 Å². The molecule has 8 N–H and O–H groups in total. The van der Waals surface area contributed by atoms with Crippen molar-refractivity contribution in [1.29, 1.82) is 0 Å². The maximum atomic E-state index is 15.0. The Labute approximate surface area is 855 Å². The lowest BCUT2D eigenvalue weighted by Crippen LogP contribution is -2.52. The molecule has 16 rings (SSSR count). The van der Waals surface area contributed by atoms with Crippen LogP contribution in [0.25, 0.3) is 0 Å². The number of carboxylic acids is 4. The summed E-state index contributed by atoms with van der Waals surface area (Å²) in [5.74, 6) is -8.44. The van der Waals surface area contributed by atoms with Crippen LogP contribution >= 0.6 is 62.3 Å². The van der Waals surface area contributed by atoms with E-state index in [9.17, 15) is 71.2 Å². The highest BCUT2D eigenvalue weighted by Gasteiger charge is 2.44. The summed E-state index contributed by atoms with van der Waals surface area (Å²) in [6.45, 7) is 12.8. The molecule has 0 bridgehead atoms. The van der Waals surface area contributed by atoms with Gasteiger partial charge in [0.1, 0.15) is 76.6 Å². The van der Waals surface area contributed by atoms with Crippen LogP contribution in [-0.2, 0) is 76.3 Å². The minimum atomic E-state index is -1.06. The number of nitrogens with one attached hydrogen (secondary N) is 4. The van der Waals surface area contributed by atoms with Crippen molar-refractivity contribution in [1.82, 2.24) is 65.8 Å². The van der Waals surface area contributed by atoms with Crippen molar-refractivity contribution in [3.63, 3.8) is 0 Å². The van der Waals surface area contributed by atoms with Crippen LogP contribution in [0.1, 0.15) is 115 Å². The van der Waals surface area contributed by atoms with Crippen molar-refractivity contribution in [3.8, 4) is 0 Å². The lowest BCUT2D eigenvalue weighted by atomic mass is 9.94. The standard InChI is InChI=1S/C26H27BrF2N4O5.C24H23Cl2FN4O5.C24H25ClFN5O5.C24H24ClFN4O5/c1-3-38-26(36)22-20(12-33-6-7-37-13-16(33)10-21(34)35)31-25(24-19(29)8-14(2)11-30-24)32-23(22)17-5-4-15(28)9-18(17)27;1-2-36-24(34)19-17(11-31-8-9-35-12-18(31)23(32)33)29-22(21-16(27)4-3-7-28-21)30-20(19)14-6-5-13(25)10-15(14)26;1-2-35-24(34)21-19(13-31-7-8-36-15(12-31)10-20(32)33)29-23(18-11-27-5-6-28-18)30-22(21)16-4-3-14(26)9-17(16)25;1-2-35-24(33)20-18(12-30-8-9-34-13-19(30)23(31)32)28-22(14-4-3-7-27-11-14)29-21(20)16-6-5-15(26)10-17(16)25/h4-5,8-9,11,16,23H,3,6-7,10,12-13H2,1-2H3,(H,31,32)(H,34,35);3-7,10,18,20H,2,8-9,11-12H2,1H3,(H,29,30)(H,32,33);3-6,9,11,15,22H,2,7-8,10,12-13H2,1H3,(H,29,30)(H,32,33);3-7,10-11,19,21H,2,8-9,12-13H2,1H3,(H,28,29)(H,31,32). The summed E-state index contributed by atoms with van der Waals surface area (Å²) in [4.78, 5) is 146. The molecule has 12 heterocycles. The molecule has 0 saturated carbocycles. The number of aliphatic imine (C=N–C) groups is 4. The molecular formula is C98H99BrCl4F5N17O20. The monoisotopic (exact) mass is 2150 g/mol. The number of aromatic nitrogens is 5. The number of aryl methyl sites for hydroxylation is 1. The topological polar surface area (TPSA) is 466 Å². The highest BCUT2D eigenvalue weighted by molar-refractivity contribution is 9.10. The molecule has 4 saturated heterocycles. The van der Waals surface area contributed by atoms with Crippen LogP contribution in [0.15, 0.2) is 216 Å². The van der Waals surface area contributed by atoms with Crippen LogP contribution in [0, 0.1) is 36.0 Å². The van der Waals surface area contributed by atoms with Crippen molar-refractivity contribution in [2.45, 2.75) is 95.9 Å². The minimum absolute atomic E-state index is 0.00363. The number of halogens is 10. The number of nitrogens with zero attached hydrogens (tertiary/aromatic N) is 13. The number of ether oxygens (including phenoxy) is 8. The molecule has 8 atom stereocenters. The molecule has 0 aliphatic carbocycles. The van der Waals surface area contributed by atoms with Gasteiger partial charge in [0, 0.05) is 172 Å². The Balaban J connectivity index is 0.000000162. The summed E-state index contributed by atoms with van der Waals surface area (Å²) in [6.07, 6.45) is 9.93. The van der Waals surface area contributed by atoms with Gasteiger partial charge in [0.05, 0.1) is 120 Å². The number of pyridine rings is 3. The number of amidine groups is 4. The van der Waals surface area contributed by atoms with E-state index in [-0.39, 0.29) is 146 Å². The molecule has 4 aromatic heterocycles. The fourth-order valence-electron chi connectivity index (χ4n) is 16.7. The van der Waals surface area contributed by atoms with Crippen LogP contribution in [-0.4, -0.2) is 292 Å². The maximum Gasteiger partial charge on any atom is 0.338 e. The molecule has 37 nitrogen and oxygen atoms in total. The average Bonchev–Trinajstić information content (AvgIpc) is 0.781. The Morgan fingerprint density at radius 2 is 0.897 bits per heavy atom. The first-order valence-electron chi connectivity index (χ1n) is 45.6. The average molecular weight is 2150 g/mol. The summed E-state index contributed by atoms with van der Waals surface area (Å²) < 4.78 is 115. The normalized spacial score (nSPS) is 20.4. The number of carbonyl (C=O) groups is 8. The summed E-state index contributed by atoms with van der Waals surface area (Å²) in [6, 6.07) is 18.0. The third-order valence-electron chi connectivity index (χ3n) is 23.3. The van der Waals surface area contributed by atoms with Crippen LogP contribution in [0.3, 0.4) is 0 Å². The quantitative estimate of drug-likeness (QED) is 0.0118.